The van der Waals surface area contributed by atoms with E-state index in [0.29, 0.717) is 6.04 Å². The largest absolute Gasteiger partial charge is 0.311 e. The highest BCUT2D eigenvalue weighted by molar-refractivity contribution is 5.18. The van der Waals surface area contributed by atoms with Gasteiger partial charge in [0, 0.05) is 11.9 Å². The lowest BCUT2D eigenvalue weighted by Gasteiger charge is -2.17. The van der Waals surface area contributed by atoms with Gasteiger partial charge in [0.05, 0.1) is 12.6 Å². The smallest absolute Gasteiger partial charge is 0.0607 e. The van der Waals surface area contributed by atoms with Crippen molar-refractivity contribution in [2.75, 3.05) is 7.05 Å². The van der Waals surface area contributed by atoms with E-state index in [1.54, 1.807) is 0 Å². The second kappa shape index (κ2) is 4.94. The van der Waals surface area contributed by atoms with Gasteiger partial charge in [-0.3, -0.25) is 4.68 Å². The maximum absolute atomic E-state index is 4.31. The molecule has 3 nitrogen and oxygen atoms in total. The molecule has 1 unspecified atom stereocenters. The molecule has 16 heavy (non-hydrogen) atoms. The van der Waals surface area contributed by atoms with E-state index in [4.69, 9.17) is 0 Å². The summed E-state index contributed by atoms with van der Waals surface area (Å²) in [7, 11) is 1.98. The van der Waals surface area contributed by atoms with Crippen molar-refractivity contribution in [1.82, 2.24) is 15.1 Å². The second-order valence-corrected chi connectivity index (χ2v) is 3.91. The maximum atomic E-state index is 4.31. The summed E-state index contributed by atoms with van der Waals surface area (Å²) in [5, 5.41) is 7.63. The lowest BCUT2D eigenvalue weighted by atomic mass is 10.1. The van der Waals surface area contributed by atoms with Crippen molar-refractivity contribution in [3.63, 3.8) is 0 Å². The van der Waals surface area contributed by atoms with Gasteiger partial charge in [-0.25, -0.2) is 0 Å². The number of aryl methyl sites for hydroxylation is 1. The molecule has 3 heteroatoms. The molecular formula is C13H17N3. The lowest BCUT2D eigenvalue weighted by molar-refractivity contribution is 0.461. The molecule has 2 aromatic rings. The van der Waals surface area contributed by atoms with E-state index < -0.39 is 0 Å². The van der Waals surface area contributed by atoms with E-state index in [9.17, 15) is 0 Å². The highest BCUT2D eigenvalue weighted by Gasteiger charge is 2.10. The number of rotatable bonds is 4. The van der Waals surface area contributed by atoms with Gasteiger partial charge >= 0.3 is 0 Å². The minimum absolute atomic E-state index is 0.305. The minimum atomic E-state index is 0.305. The highest BCUT2D eigenvalue weighted by atomic mass is 15.3. The summed E-state index contributed by atoms with van der Waals surface area (Å²) in [4.78, 5) is 0. The highest BCUT2D eigenvalue weighted by Crippen LogP contribution is 2.14. The molecule has 84 valence electrons. The predicted octanol–water partition coefficient (Wildman–Crippen LogP) is 2.15. The van der Waals surface area contributed by atoms with Crippen LogP contribution in [-0.4, -0.2) is 16.8 Å². The molecule has 2 rings (SSSR count). The molecule has 0 aliphatic rings. The van der Waals surface area contributed by atoms with E-state index in [1.165, 1.54) is 11.3 Å². The number of aromatic nitrogens is 2. The Morgan fingerprint density at radius 3 is 2.56 bits per heavy atom. The third kappa shape index (κ3) is 2.31. The summed E-state index contributed by atoms with van der Waals surface area (Å²) in [5.74, 6) is 0. The first-order valence-corrected chi connectivity index (χ1v) is 5.52. The van der Waals surface area contributed by atoms with Gasteiger partial charge in [-0.1, -0.05) is 30.3 Å². The summed E-state index contributed by atoms with van der Waals surface area (Å²) < 4.78 is 2.02. The molecule has 1 heterocycles. The van der Waals surface area contributed by atoms with Gasteiger partial charge in [0.25, 0.3) is 0 Å². The van der Waals surface area contributed by atoms with Gasteiger partial charge < -0.3 is 5.32 Å². The molecule has 0 bridgehead atoms. The van der Waals surface area contributed by atoms with Crippen LogP contribution in [0.3, 0.4) is 0 Å². The third-order valence-corrected chi connectivity index (χ3v) is 2.83. The number of nitrogens with zero attached hydrogens (tertiary/aromatic N) is 2. The van der Waals surface area contributed by atoms with Crippen molar-refractivity contribution in [3.05, 3.63) is 53.9 Å². The Morgan fingerprint density at radius 2 is 2.00 bits per heavy atom. The zero-order valence-corrected chi connectivity index (χ0v) is 9.72. The maximum Gasteiger partial charge on any atom is 0.0607 e. The number of hydrogen-bond acceptors (Lipinski definition) is 2. The Balaban J connectivity index is 2.16. The van der Waals surface area contributed by atoms with Crippen LogP contribution >= 0.6 is 0 Å². The lowest BCUT2D eigenvalue weighted by Crippen LogP contribution is -2.23. The first-order valence-electron chi connectivity index (χ1n) is 5.52. The van der Waals surface area contributed by atoms with E-state index >= 15 is 0 Å². The summed E-state index contributed by atoms with van der Waals surface area (Å²) in [5.41, 5.74) is 2.48. The molecular weight excluding hydrogens is 198 g/mol. The van der Waals surface area contributed by atoms with Gasteiger partial charge in [0.15, 0.2) is 0 Å². The van der Waals surface area contributed by atoms with Crippen molar-refractivity contribution in [1.29, 1.82) is 0 Å². The van der Waals surface area contributed by atoms with Crippen molar-refractivity contribution < 1.29 is 0 Å². The molecule has 0 radical (unpaired) electrons. The van der Waals surface area contributed by atoms with Gasteiger partial charge in [0.1, 0.15) is 0 Å². The summed E-state index contributed by atoms with van der Waals surface area (Å²) in [6.07, 6.45) is 1.84. The standard InChI is InChI=1S/C13H17N3/c1-11-8-9-15-16(11)10-13(14-2)12-6-4-3-5-7-12/h3-9,13-14H,10H2,1-2H3. The molecule has 1 aromatic heterocycles. The first-order chi connectivity index (χ1) is 7.81. The Labute approximate surface area is 96.1 Å². The topological polar surface area (TPSA) is 29.9 Å². The van der Waals surface area contributed by atoms with E-state index in [1.807, 2.05) is 30.1 Å². The minimum Gasteiger partial charge on any atom is -0.311 e. The Kier molecular flexibility index (Phi) is 3.37. The monoisotopic (exact) mass is 215 g/mol. The van der Waals surface area contributed by atoms with Gasteiger partial charge in [-0.15, -0.1) is 0 Å². The van der Waals surface area contributed by atoms with Gasteiger partial charge in [-0.2, -0.15) is 5.10 Å². The van der Waals surface area contributed by atoms with Crippen LogP contribution in [0.15, 0.2) is 42.6 Å². The van der Waals surface area contributed by atoms with Crippen LogP contribution in [0.1, 0.15) is 17.3 Å². The van der Waals surface area contributed by atoms with Crippen LogP contribution in [0, 0.1) is 6.92 Å². The average Bonchev–Trinajstić information content (AvgIpc) is 2.73. The summed E-state index contributed by atoms with van der Waals surface area (Å²) in [6.45, 7) is 2.93. The zero-order valence-electron chi connectivity index (χ0n) is 9.72. The first kappa shape index (κ1) is 10.9. The normalized spacial score (nSPS) is 12.6. The van der Waals surface area contributed by atoms with Crippen LogP contribution in [0.5, 0.6) is 0 Å². The average molecular weight is 215 g/mol. The third-order valence-electron chi connectivity index (χ3n) is 2.83. The van der Waals surface area contributed by atoms with Crippen LogP contribution in [0.4, 0.5) is 0 Å². The fourth-order valence-corrected chi connectivity index (χ4v) is 1.81. The van der Waals surface area contributed by atoms with Crippen molar-refractivity contribution in [2.45, 2.75) is 19.5 Å². The van der Waals surface area contributed by atoms with Crippen molar-refractivity contribution in [2.24, 2.45) is 0 Å². The van der Waals surface area contributed by atoms with Gasteiger partial charge in [-0.05, 0) is 25.6 Å². The van der Waals surface area contributed by atoms with E-state index in [-0.39, 0.29) is 0 Å². The van der Waals surface area contributed by atoms with Crippen LogP contribution in [0.25, 0.3) is 0 Å². The predicted molar refractivity (Wildman–Crippen MR) is 65.2 cm³/mol. The fourth-order valence-electron chi connectivity index (χ4n) is 1.81. The number of nitrogens with one attached hydrogen (secondary N) is 1. The molecule has 1 aromatic carbocycles. The zero-order chi connectivity index (χ0) is 11.4. The molecule has 0 aliphatic carbocycles. The summed E-state index contributed by atoms with van der Waals surface area (Å²) >= 11 is 0. The number of hydrogen-bond donors (Lipinski definition) is 1. The quantitative estimate of drug-likeness (QED) is 0.847. The Hall–Kier alpha value is -1.61. The Bertz CT molecular complexity index is 433. The van der Waals surface area contributed by atoms with E-state index in [2.05, 4.69) is 41.6 Å². The molecule has 0 fully saturated rings. The number of likely N-dealkylation sites (N-methyl/N-ethyl adjacent to an activating group) is 1. The second-order valence-electron chi connectivity index (χ2n) is 3.91. The van der Waals surface area contributed by atoms with Crippen LogP contribution in [0.2, 0.25) is 0 Å². The molecule has 0 saturated heterocycles. The van der Waals surface area contributed by atoms with E-state index in [0.717, 1.165) is 6.54 Å². The molecule has 0 amide bonds. The van der Waals surface area contributed by atoms with Crippen LogP contribution in [-0.2, 0) is 6.54 Å². The molecule has 1 atom stereocenters. The Morgan fingerprint density at radius 1 is 1.25 bits per heavy atom. The van der Waals surface area contributed by atoms with Crippen LogP contribution < -0.4 is 5.32 Å². The summed E-state index contributed by atoms with van der Waals surface area (Å²) in [6, 6.07) is 12.8. The van der Waals surface area contributed by atoms with Gasteiger partial charge in [0.2, 0.25) is 0 Å². The van der Waals surface area contributed by atoms with Crippen molar-refractivity contribution in [3.8, 4) is 0 Å². The molecule has 0 saturated carbocycles. The molecule has 0 aliphatic heterocycles. The SMILES string of the molecule is CNC(Cn1nccc1C)c1ccccc1. The molecule has 1 N–H and O–H groups in total. The number of benzene rings is 1. The molecule has 0 spiro atoms. The van der Waals surface area contributed by atoms with Crippen molar-refractivity contribution >= 4 is 0 Å². The fraction of sp³-hybridized carbons (Fsp3) is 0.308.